The molecule has 0 aliphatic carbocycles. The van der Waals surface area contributed by atoms with Crippen molar-refractivity contribution in [2.45, 2.75) is 21.6 Å². The van der Waals surface area contributed by atoms with Gasteiger partial charge in [-0.2, -0.15) is 8.42 Å². The zero-order chi connectivity index (χ0) is 17.4. The number of para-hydroxylation sites is 2. The van der Waals surface area contributed by atoms with Crippen molar-refractivity contribution >= 4 is 20.7 Å². The minimum atomic E-state index is -3.78. The van der Waals surface area contributed by atoms with Gasteiger partial charge in [0.25, 0.3) is 10.0 Å². The summed E-state index contributed by atoms with van der Waals surface area (Å²) >= 11 is 0. The summed E-state index contributed by atoms with van der Waals surface area (Å²) < 4.78 is 35.8. The molecule has 0 amide bonds. The number of nitrogens with zero attached hydrogens (tertiary/aromatic N) is 1. The quantitative estimate of drug-likeness (QED) is 0.514. The first kappa shape index (κ1) is 16.1. The van der Waals surface area contributed by atoms with Crippen molar-refractivity contribution in [3.63, 3.8) is 0 Å². The van der Waals surface area contributed by atoms with Crippen LogP contribution in [0.2, 0.25) is 0 Å². The molecule has 0 spiro atoms. The normalized spacial score (nSPS) is 13.5. The van der Waals surface area contributed by atoms with E-state index in [4.69, 9.17) is 4.74 Å². The van der Waals surface area contributed by atoms with E-state index in [0.29, 0.717) is 11.5 Å². The van der Waals surface area contributed by atoms with E-state index in [9.17, 15) is 8.42 Å². The summed E-state index contributed by atoms with van der Waals surface area (Å²) in [6.07, 6.45) is 0. The van der Waals surface area contributed by atoms with Crippen LogP contribution in [0.15, 0.2) is 91.3 Å². The highest BCUT2D eigenvalue weighted by Gasteiger charge is 2.24. The summed E-state index contributed by atoms with van der Waals surface area (Å²) in [5.74, 6) is 1.29. The Bertz CT molecular complexity index is 1040. The first-order valence-corrected chi connectivity index (χ1v) is 10.3. The molecule has 3 aromatic rings. The van der Waals surface area contributed by atoms with E-state index in [1.54, 1.807) is 24.3 Å². The van der Waals surface area contributed by atoms with Crippen molar-refractivity contribution in [1.82, 2.24) is 0 Å². The standard InChI is InChI=1S/C19H15NO3S2/c1-14-10-12-15(13-11-14)25(21,22)20-24-18-8-4-2-6-16(18)23-17-7-3-5-9-19(17)24/h2-13H,1H3. The molecular formula is C19H15NO3S2. The van der Waals surface area contributed by atoms with Crippen molar-refractivity contribution in [2.75, 3.05) is 0 Å². The van der Waals surface area contributed by atoms with Gasteiger partial charge in [-0.3, -0.25) is 0 Å². The molecule has 0 radical (unpaired) electrons. The predicted octanol–water partition coefficient (Wildman–Crippen LogP) is 4.71. The number of fused-ring (bicyclic) bond motifs is 2. The Balaban J connectivity index is 1.92. The summed E-state index contributed by atoms with van der Waals surface area (Å²) in [6, 6.07) is 21.6. The summed E-state index contributed by atoms with van der Waals surface area (Å²) in [5.41, 5.74) is 1.00. The van der Waals surface area contributed by atoms with Crippen LogP contribution in [0.3, 0.4) is 0 Å². The zero-order valence-corrected chi connectivity index (χ0v) is 15.0. The van der Waals surface area contributed by atoms with Crippen molar-refractivity contribution in [1.29, 1.82) is 0 Å². The second-order valence-electron chi connectivity index (χ2n) is 5.64. The topological polar surface area (TPSA) is 55.7 Å². The predicted molar refractivity (Wildman–Crippen MR) is 97.6 cm³/mol. The first-order valence-electron chi connectivity index (χ1n) is 7.70. The van der Waals surface area contributed by atoms with E-state index in [1.807, 2.05) is 55.5 Å². The Morgan fingerprint density at radius 3 is 1.88 bits per heavy atom. The van der Waals surface area contributed by atoms with Crippen molar-refractivity contribution < 1.29 is 13.2 Å². The highest BCUT2D eigenvalue weighted by atomic mass is 32.3. The first-order chi connectivity index (χ1) is 12.0. The molecule has 25 heavy (non-hydrogen) atoms. The summed E-state index contributed by atoms with van der Waals surface area (Å²) in [4.78, 5) is 1.75. The number of hydrogen-bond acceptors (Lipinski definition) is 3. The van der Waals surface area contributed by atoms with Crippen LogP contribution in [0, 0.1) is 6.92 Å². The van der Waals surface area contributed by atoms with Gasteiger partial charge in [0, 0.05) is 0 Å². The van der Waals surface area contributed by atoms with Crippen LogP contribution in [-0.4, -0.2) is 8.42 Å². The smallest absolute Gasteiger partial charge is 0.288 e. The van der Waals surface area contributed by atoms with Gasteiger partial charge in [0.15, 0.2) is 0 Å². The molecule has 3 aromatic carbocycles. The minimum Gasteiger partial charge on any atom is -0.455 e. The monoisotopic (exact) mass is 369 g/mol. The fraction of sp³-hybridized carbons (Fsp3) is 0.0526. The lowest BCUT2D eigenvalue weighted by Crippen LogP contribution is -2.07. The van der Waals surface area contributed by atoms with Gasteiger partial charge in [0.2, 0.25) is 0 Å². The van der Waals surface area contributed by atoms with Gasteiger partial charge < -0.3 is 4.74 Å². The lowest BCUT2D eigenvalue weighted by molar-refractivity contribution is 0.453. The molecule has 1 heterocycles. The number of benzene rings is 3. The second kappa shape index (κ2) is 6.13. The molecule has 0 bridgehead atoms. The van der Waals surface area contributed by atoms with Crippen LogP contribution in [0.1, 0.15) is 5.56 Å². The molecule has 0 aromatic heterocycles. The highest BCUT2D eigenvalue weighted by Crippen LogP contribution is 2.41. The fourth-order valence-corrected chi connectivity index (χ4v) is 6.06. The Hall–Kier alpha value is -2.44. The third-order valence-corrected chi connectivity index (χ3v) is 7.58. The maximum atomic E-state index is 12.8. The maximum Gasteiger partial charge on any atom is 0.288 e. The molecule has 0 unspecified atom stereocenters. The van der Waals surface area contributed by atoms with E-state index in [2.05, 4.69) is 3.77 Å². The molecule has 0 atom stereocenters. The highest BCUT2D eigenvalue weighted by molar-refractivity contribution is 8.00. The average molecular weight is 369 g/mol. The zero-order valence-electron chi connectivity index (χ0n) is 13.4. The van der Waals surface area contributed by atoms with Gasteiger partial charge in [0.05, 0.1) is 14.7 Å². The largest absolute Gasteiger partial charge is 0.455 e. The Kier molecular flexibility index (Phi) is 3.94. The van der Waals surface area contributed by atoms with Gasteiger partial charge in [-0.05, 0) is 54.0 Å². The van der Waals surface area contributed by atoms with Crippen molar-refractivity contribution in [2.24, 2.45) is 3.77 Å². The third kappa shape index (κ3) is 2.99. The minimum absolute atomic E-state index is 0.201. The summed E-state index contributed by atoms with van der Waals surface area (Å²) in [6.45, 7) is 1.92. The molecule has 126 valence electrons. The maximum absolute atomic E-state index is 12.8. The number of sulfonamides is 1. The van der Waals surface area contributed by atoms with E-state index >= 15 is 0 Å². The van der Waals surface area contributed by atoms with Gasteiger partial charge in [-0.15, -0.1) is 3.77 Å². The SMILES string of the molecule is Cc1ccc(S(=O)(=O)N=S2c3ccccc3Oc3ccccc32)cc1. The Morgan fingerprint density at radius 2 is 1.32 bits per heavy atom. The lowest BCUT2D eigenvalue weighted by Gasteiger charge is -2.22. The molecule has 1 aliphatic heterocycles. The molecule has 4 nitrogen and oxygen atoms in total. The number of rotatable bonds is 2. The molecular weight excluding hydrogens is 354 g/mol. The van der Waals surface area contributed by atoms with Crippen LogP contribution in [0.5, 0.6) is 11.5 Å². The average Bonchev–Trinajstić information content (AvgIpc) is 2.62. The molecule has 0 saturated carbocycles. The lowest BCUT2D eigenvalue weighted by atomic mass is 10.2. The molecule has 1 aliphatic rings. The van der Waals surface area contributed by atoms with Crippen molar-refractivity contribution in [3.05, 3.63) is 78.4 Å². The molecule has 4 rings (SSSR count). The van der Waals surface area contributed by atoms with Crippen molar-refractivity contribution in [3.8, 4) is 11.5 Å². The van der Waals surface area contributed by atoms with E-state index in [-0.39, 0.29) is 4.90 Å². The van der Waals surface area contributed by atoms with E-state index in [0.717, 1.165) is 15.4 Å². The van der Waals surface area contributed by atoms with E-state index < -0.39 is 20.7 Å². The number of ether oxygens (including phenoxy) is 1. The number of aryl methyl sites for hydroxylation is 1. The molecule has 0 saturated heterocycles. The second-order valence-corrected chi connectivity index (χ2v) is 9.11. The fourth-order valence-electron chi connectivity index (χ4n) is 2.56. The summed E-state index contributed by atoms with van der Waals surface area (Å²) in [7, 11) is -4.74. The summed E-state index contributed by atoms with van der Waals surface area (Å²) in [5, 5.41) is 0. The van der Waals surface area contributed by atoms with Gasteiger partial charge >= 0.3 is 0 Å². The third-order valence-electron chi connectivity index (χ3n) is 3.83. The van der Waals surface area contributed by atoms with Crippen LogP contribution in [-0.2, 0) is 20.7 Å². The van der Waals surface area contributed by atoms with Crippen LogP contribution >= 0.6 is 0 Å². The van der Waals surface area contributed by atoms with Gasteiger partial charge in [-0.25, -0.2) is 0 Å². The van der Waals surface area contributed by atoms with E-state index in [1.165, 1.54) is 0 Å². The van der Waals surface area contributed by atoms with Crippen LogP contribution in [0.4, 0.5) is 0 Å². The molecule has 0 N–H and O–H groups in total. The number of hydrogen-bond donors (Lipinski definition) is 0. The Morgan fingerprint density at radius 1 is 0.800 bits per heavy atom. The van der Waals surface area contributed by atoms with Crippen LogP contribution in [0.25, 0.3) is 0 Å². The van der Waals surface area contributed by atoms with Gasteiger partial charge in [-0.1, -0.05) is 42.0 Å². The molecule has 0 fully saturated rings. The van der Waals surface area contributed by atoms with Crippen LogP contribution < -0.4 is 4.74 Å². The molecule has 6 heteroatoms. The Labute approximate surface area is 149 Å². The van der Waals surface area contributed by atoms with Gasteiger partial charge in [0.1, 0.15) is 11.5 Å².